The highest BCUT2D eigenvalue weighted by atomic mass is 35.5. The number of pyridine rings is 2. The van der Waals surface area contributed by atoms with Crippen LogP contribution in [0.5, 0.6) is 17.6 Å². The predicted octanol–water partition coefficient (Wildman–Crippen LogP) is 6.94. The number of piperazine rings is 1. The van der Waals surface area contributed by atoms with E-state index in [1.807, 2.05) is 53.4 Å². The second kappa shape index (κ2) is 15.3. The molecule has 0 spiro atoms. The number of carbonyl (C=O) groups is 2. The summed E-state index contributed by atoms with van der Waals surface area (Å²) in [6.45, 7) is 4.88. The van der Waals surface area contributed by atoms with E-state index in [9.17, 15) is 27.9 Å². The van der Waals surface area contributed by atoms with Crippen molar-refractivity contribution in [3.63, 3.8) is 0 Å². The lowest BCUT2D eigenvalue weighted by Gasteiger charge is -2.34. The molecule has 3 heterocycles. The van der Waals surface area contributed by atoms with Crippen molar-refractivity contribution in [2.75, 3.05) is 40.4 Å². The molecule has 1 aliphatic heterocycles. The number of hydrogen-bond acceptors (Lipinski definition) is 9. The molecule has 0 radical (unpaired) electrons. The van der Waals surface area contributed by atoms with E-state index in [2.05, 4.69) is 15.2 Å². The van der Waals surface area contributed by atoms with Crippen LogP contribution in [0.15, 0.2) is 54.6 Å². The number of nitrogens with zero attached hydrogens (tertiary/aromatic N) is 4. The third-order valence-electron chi connectivity index (χ3n) is 10.7. The summed E-state index contributed by atoms with van der Waals surface area (Å²) in [5.74, 6) is -1.20. The van der Waals surface area contributed by atoms with Crippen LogP contribution >= 0.6 is 11.6 Å². The van der Waals surface area contributed by atoms with E-state index >= 15 is 0 Å². The summed E-state index contributed by atoms with van der Waals surface area (Å²) in [5, 5.41) is 12.8. The van der Waals surface area contributed by atoms with Gasteiger partial charge in [0.2, 0.25) is 23.5 Å². The van der Waals surface area contributed by atoms with Gasteiger partial charge in [-0.25, -0.2) is 4.98 Å². The molecule has 2 aliphatic carbocycles. The highest BCUT2D eigenvalue weighted by molar-refractivity contribution is 6.36. The van der Waals surface area contributed by atoms with Gasteiger partial charge in [-0.05, 0) is 54.5 Å². The highest BCUT2D eigenvalue weighted by Crippen LogP contribution is 2.46. The van der Waals surface area contributed by atoms with Crippen molar-refractivity contribution in [1.29, 1.82) is 0 Å². The van der Waals surface area contributed by atoms with Crippen LogP contribution in [-0.4, -0.2) is 82.7 Å². The van der Waals surface area contributed by atoms with Crippen molar-refractivity contribution >= 4 is 23.5 Å². The van der Waals surface area contributed by atoms with Crippen LogP contribution in [0, 0.1) is 0 Å². The molecule has 1 amide bonds. The number of hydrogen-bond donors (Lipinski definition) is 2. The van der Waals surface area contributed by atoms with Crippen LogP contribution in [0.2, 0.25) is 5.02 Å². The summed E-state index contributed by atoms with van der Waals surface area (Å²) in [7, 11) is 2.87. The van der Waals surface area contributed by atoms with Gasteiger partial charge in [0.1, 0.15) is 17.2 Å². The normalized spacial score (nSPS) is 17.8. The van der Waals surface area contributed by atoms with Gasteiger partial charge in [-0.2, -0.15) is 18.2 Å². The van der Waals surface area contributed by atoms with E-state index in [0.29, 0.717) is 67.5 Å². The second-order valence-electron chi connectivity index (χ2n) is 14.1. The van der Waals surface area contributed by atoms with Gasteiger partial charge in [-0.15, -0.1) is 0 Å². The first-order valence-electron chi connectivity index (χ1n) is 18.0. The number of rotatable bonds is 12. The average Bonchev–Trinajstić information content (AvgIpc) is 3.87. The number of fused-ring (bicyclic) bond motifs is 1. The second-order valence-corrected chi connectivity index (χ2v) is 14.5. The molecule has 7 rings (SSSR count). The molecule has 1 saturated carbocycles. The topological polar surface area (TPSA) is 126 Å². The Morgan fingerprint density at radius 2 is 1.60 bits per heavy atom. The number of methoxy groups -OCH3 is 2. The first kappa shape index (κ1) is 38.4. The minimum absolute atomic E-state index is 0.0734. The standard InChI is InChI=1S/C40H41ClF3N5O6/c1-23(50)49-18-16-48(17-19-49)22-24-10-12-32(46-35(24)53-2)30-9-5-8-29(34(30)41)26-6-4-7-28-27(26)11-13-33(28)55-37-31(40(42,43)44)20-25(36(47-37)54-3)21-45-39(14-15-39)38(51)52/h4-10,12,20,33,45H,11,13-19,21-22H2,1-3H3,(H,51,52)/t33-/m0/s1. The Labute approximate surface area is 321 Å². The van der Waals surface area contributed by atoms with Gasteiger partial charge in [0.05, 0.1) is 24.9 Å². The fraction of sp³-hybridized carbons (Fsp3) is 0.400. The lowest BCUT2D eigenvalue weighted by molar-refractivity contribution is -0.141. The van der Waals surface area contributed by atoms with Crippen LogP contribution in [0.25, 0.3) is 22.4 Å². The molecular formula is C40H41ClF3N5O6. The first-order valence-corrected chi connectivity index (χ1v) is 18.4. The Hall–Kier alpha value is -4.92. The van der Waals surface area contributed by atoms with Crippen LogP contribution in [0.1, 0.15) is 60.1 Å². The van der Waals surface area contributed by atoms with Crippen molar-refractivity contribution in [2.24, 2.45) is 0 Å². The van der Waals surface area contributed by atoms with Gasteiger partial charge in [0.15, 0.2) is 0 Å². The first-order chi connectivity index (χ1) is 26.3. The Kier molecular flexibility index (Phi) is 10.7. The number of nitrogens with one attached hydrogen (secondary N) is 1. The lowest BCUT2D eigenvalue weighted by Crippen LogP contribution is -2.47. The maximum atomic E-state index is 14.5. The number of carbonyl (C=O) groups excluding carboxylic acids is 1. The summed E-state index contributed by atoms with van der Waals surface area (Å²) in [4.78, 5) is 36.5. The van der Waals surface area contributed by atoms with E-state index in [4.69, 9.17) is 30.8 Å². The maximum absolute atomic E-state index is 14.5. The van der Waals surface area contributed by atoms with Crippen LogP contribution < -0.4 is 19.5 Å². The SMILES string of the molecule is COc1nc(-c2cccc(-c3cccc4c3CC[C@@H]4Oc3nc(OC)c(CNC4(C(=O)O)CC4)cc3C(F)(F)F)c2Cl)ccc1CN1CCN(C(C)=O)CC1. The van der Waals surface area contributed by atoms with E-state index in [0.717, 1.165) is 47.0 Å². The number of carboxylic acids is 1. The monoisotopic (exact) mass is 779 g/mol. The van der Waals surface area contributed by atoms with Gasteiger partial charge in [0.25, 0.3) is 0 Å². The van der Waals surface area contributed by atoms with Gasteiger partial charge in [0, 0.05) is 68.4 Å². The van der Waals surface area contributed by atoms with Crippen LogP contribution in [0.4, 0.5) is 13.2 Å². The molecule has 0 unspecified atom stereocenters. The third-order valence-corrected chi connectivity index (χ3v) is 11.1. The Morgan fingerprint density at radius 1 is 0.927 bits per heavy atom. The van der Waals surface area contributed by atoms with Gasteiger partial charge in [-0.1, -0.05) is 54.1 Å². The molecule has 15 heteroatoms. The average molecular weight is 780 g/mol. The fourth-order valence-corrected chi connectivity index (χ4v) is 7.74. The van der Waals surface area contributed by atoms with Crippen LogP contribution in [0.3, 0.4) is 0 Å². The number of aliphatic carboxylic acids is 1. The molecule has 2 aromatic heterocycles. The van der Waals surface area contributed by atoms with E-state index < -0.39 is 35.2 Å². The lowest BCUT2D eigenvalue weighted by atomic mass is 9.94. The number of carboxylic acid groups (broad SMARTS) is 1. The Balaban J connectivity index is 1.13. The summed E-state index contributed by atoms with van der Waals surface area (Å²) < 4.78 is 60.5. The number of aromatic nitrogens is 2. The molecule has 1 saturated heterocycles. The zero-order chi connectivity index (χ0) is 39.1. The smallest absolute Gasteiger partial charge is 0.421 e. The zero-order valence-corrected chi connectivity index (χ0v) is 31.4. The fourth-order valence-electron chi connectivity index (χ4n) is 7.42. The third kappa shape index (κ3) is 7.80. The quantitative estimate of drug-likeness (QED) is 0.156. The summed E-state index contributed by atoms with van der Waals surface area (Å²) in [6, 6.07) is 16.1. The summed E-state index contributed by atoms with van der Waals surface area (Å²) in [6.07, 6.45) is -3.84. The summed E-state index contributed by atoms with van der Waals surface area (Å²) in [5.41, 5.74) is 3.28. The summed E-state index contributed by atoms with van der Waals surface area (Å²) >= 11 is 7.13. The van der Waals surface area contributed by atoms with Gasteiger partial charge < -0.3 is 24.2 Å². The molecule has 1 atom stereocenters. The molecule has 0 bridgehead atoms. The molecule has 2 aromatic carbocycles. The minimum atomic E-state index is -4.80. The molecule has 2 N–H and O–H groups in total. The number of ether oxygens (including phenoxy) is 3. The van der Waals surface area contributed by atoms with Crippen molar-refractivity contribution in [1.82, 2.24) is 25.1 Å². The molecule has 3 aliphatic rings. The Bertz CT molecular complexity index is 2120. The number of alkyl halides is 3. The zero-order valence-electron chi connectivity index (χ0n) is 30.6. The predicted molar refractivity (Wildman–Crippen MR) is 198 cm³/mol. The van der Waals surface area contributed by atoms with E-state index in [1.165, 1.54) is 7.11 Å². The molecule has 11 nitrogen and oxygen atoms in total. The number of benzene rings is 2. The molecule has 4 aromatic rings. The van der Waals surface area contributed by atoms with E-state index in [1.54, 1.807) is 14.0 Å². The van der Waals surface area contributed by atoms with Gasteiger partial charge >= 0.3 is 12.1 Å². The Morgan fingerprint density at radius 3 is 2.25 bits per heavy atom. The minimum Gasteiger partial charge on any atom is -0.481 e. The largest absolute Gasteiger partial charge is 0.481 e. The van der Waals surface area contributed by atoms with Crippen molar-refractivity contribution in [3.8, 4) is 40.0 Å². The number of amides is 1. The highest BCUT2D eigenvalue weighted by Gasteiger charge is 2.50. The van der Waals surface area contributed by atoms with Crippen molar-refractivity contribution < 1.29 is 42.1 Å². The van der Waals surface area contributed by atoms with Gasteiger partial charge in [-0.3, -0.25) is 19.8 Å². The van der Waals surface area contributed by atoms with Crippen molar-refractivity contribution in [2.45, 2.75) is 63.5 Å². The molecule has 55 heavy (non-hydrogen) atoms. The molecular weight excluding hydrogens is 739 g/mol. The molecule has 2 fully saturated rings. The van der Waals surface area contributed by atoms with E-state index in [-0.39, 0.29) is 23.9 Å². The maximum Gasteiger partial charge on any atom is 0.421 e. The van der Waals surface area contributed by atoms with Crippen LogP contribution in [-0.2, 0) is 35.3 Å². The number of halogens is 4. The van der Waals surface area contributed by atoms with Crippen molar-refractivity contribution in [3.05, 3.63) is 87.4 Å². The molecule has 290 valence electrons.